The van der Waals surface area contributed by atoms with Crippen LogP contribution >= 0.6 is 0 Å². The summed E-state index contributed by atoms with van der Waals surface area (Å²) >= 11 is 0. The van der Waals surface area contributed by atoms with Crippen molar-refractivity contribution in [2.24, 2.45) is 11.1 Å². The lowest BCUT2D eigenvalue weighted by molar-refractivity contribution is 0.239. The Hall–Kier alpha value is -0.930. The molecule has 0 saturated carbocycles. The summed E-state index contributed by atoms with van der Waals surface area (Å²) in [4.78, 5) is 4.16. The van der Waals surface area contributed by atoms with E-state index < -0.39 is 0 Å². The summed E-state index contributed by atoms with van der Waals surface area (Å²) in [6.45, 7) is 5.17. The highest BCUT2D eigenvalue weighted by Gasteiger charge is 2.28. The normalized spacial score (nSPS) is 13.9. The molecule has 0 bridgehead atoms. The van der Waals surface area contributed by atoms with Crippen molar-refractivity contribution in [2.45, 2.75) is 26.3 Å². The molecule has 0 aliphatic carbocycles. The number of hydrogen-bond donors (Lipinski definition) is 2. The number of nitrogens with one attached hydrogen (secondary N) is 1. The average Bonchev–Trinajstić information content (AvgIpc) is 2.19. The molecule has 0 spiro atoms. The lowest BCUT2D eigenvalue weighted by Gasteiger charge is -2.34. The van der Waals surface area contributed by atoms with Crippen LogP contribution in [0.15, 0.2) is 24.5 Å². The summed E-state index contributed by atoms with van der Waals surface area (Å²) in [5.41, 5.74) is 7.01. The van der Waals surface area contributed by atoms with Gasteiger partial charge in [0.25, 0.3) is 0 Å². The summed E-state index contributed by atoms with van der Waals surface area (Å²) in [5.74, 6) is 0. The van der Waals surface area contributed by atoms with Crippen molar-refractivity contribution in [1.29, 1.82) is 0 Å². The number of nitrogens with two attached hydrogens (primary N) is 1. The number of nitrogens with zero attached hydrogens (tertiary/aromatic N) is 1. The van der Waals surface area contributed by atoms with Crippen molar-refractivity contribution in [3.05, 3.63) is 30.1 Å². The predicted molar refractivity (Wildman–Crippen MR) is 63.5 cm³/mol. The van der Waals surface area contributed by atoms with Crippen LogP contribution in [0.4, 0.5) is 0 Å². The number of aromatic nitrogens is 1. The van der Waals surface area contributed by atoms with Gasteiger partial charge < -0.3 is 11.1 Å². The molecule has 84 valence electrons. The molecule has 3 N–H and O–H groups in total. The Morgan fingerprint density at radius 2 is 2.27 bits per heavy atom. The first-order chi connectivity index (χ1) is 7.11. The fourth-order valence-electron chi connectivity index (χ4n) is 2.07. The van der Waals surface area contributed by atoms with E-state index in [1.165, 1.54) is 5.56 Å². The molecule has 3 heteroatoms. The summed E-state index contributed by atoms with van der Waals surface area (Å²) in [6.07, 6.45) is 4.71. The third-order valence-corrected chi connectivity index (χ3v) is 2.88. The van der Waals surface area contributed by atoms with Gasteiger partial charge in [-0.3, -0.25) is 4.98 Å². The molecule has 0 aromatic carbocycles. The van der Waals surface area contributed by atoms with Crippen molar-refractivity contribution < 1.29 is 0 Å². The average molecular weight is 207 g/mol. The van der Waals surface area contributed by atoms with E-state index in [1.807, 2.05) is 19.3 Å². The molecule has 1 aromatic heterocycles. The van der Waals surface area contributed by atoms with E-state index in [2.05, 4.69) is 30.2 Å². The van der Waals surface area contributed by atoms with Crippen LogP contribution in [0.3, 0.4) is 0 Å². The highest BCUT2D eigenvalue weighted by Crippen LogP contribution is 2.35. The van der Waals surface area contributed by atoms with Gasteiger partial charge in [0.1, 0.15) is 0 Å². The zero-order chi connectivity index (χ0) is 11.3. The van der Waals surface area contributed by atoms with E-state index in [-0.39, 0.29) is 5.41 Å². The van der Waals surface area contributed by atoms with Gasteiger partial charge in [-0.1, -0.05) is 19.9 Å². The zero-order valence-corrected chi connectivity index (χ0v) is 9.83. The molecule has 0 fully saturated rings. The van der Waals surface area contributed by atoms with Gasteiger partial charge >= 0.3 is 0 Å². The van der Waals surface area contributed by atoms with Crippen molar-refractivity contribution in [2.75, 3.05) is 13.6 Å². The Balaban J connectivity index is 2.89. The number of pyridine rings is 1. The molecule has 1 rings (SSSR count). The highest BCUT2D eigenvalue weighted by molar-refractivity contribution is 5.16. The van der Waals surface area contributed by atoms with E-state index in [0.717, 1.165) is 6.42 Å². The third kappa shape index (κ3) is 3.01. The SMILES string of the molecule is CNC(c1cccnc1)C(C)(C)CCN. The van der Waals surface area contributed by atoms with Gasteiger partial charge in [-0.25, -0.2) is 0 Å². The topological polar surface area (TPSA) is 50.9 Å². The van der Waals surface area contributed by atoms with Gasteiger partial charge in [0.2, 0.25) is 0 Å². The van der Waals surface area contributed by atoms with Crippen LogP contribution in [0, 0.1) is 5.41 Å². The van der Waals surface area contributed by atoms with Crippen LogP contribution in [0.2, 0.25) is 0 Å². The minimum Gasteiger partial charge on any atom is -0.330 e. The summed E-state index contributed by atoms with van der Waals surface area (Å²) in [6, 6.07) is 4.37. The summed E-state index contributed by atoms with van der Waals surface area (Å²) in [5, 5.41) is 3.35. The standard InChI is InChI=1S/C12H21N3/c1-12(2,6-7-13)11(14-3)10-5-4-8-15-9-10/h4-5,8-9,11,14H,6-7,13H2,1-3H3. The van der Waals surface area contributed by atoms with E-state index in [0.29, 0.717) is 12.6 Å². The minimum absolute atomic E-state index is 0.145. The zero-order valence-electron chi connectivity index (χ0n) is 9.83. The monoisotopic (exact) mass is 207 g/mol. The first kappa shape index (κ1) is 12.1. The van der Waals surface area contributed by atoms with Crippen molar-refractivity contribution in [3.63, 3.8) is 0 Å². The Kier molecular flexibility index (Phi) is 4.24. The largest absolute Gasteiger partial charge is 0.330 e. The Bertz CT molecular complexity index is 282. The fraction of sp³-hybridized carbons (Fsp3) is 0.583. The minimum atomic E-state index is 0.145. The van der Waals surface area contributed by atoms with Crippen molar-refractivity contribution >= 4 is 0 Å². The molecule has 0 aliphatic heterocycles. The molecule has 0 radical (unpaired) electrons. The summed E-state index contributed by atoms with van der Waals surface area (Å²) < 4.78 is 0. The van der Waals surface area contributed by atoms with Crippen LogP contribution in [0.25, 0.3) is 0 Å². The molecule has 0 amide bonds. The van der Waals surface area contributed by atoms with Crippen LogP contribution in [0.1, 0.15) is 31.9 Å². The van der Waals surface area contributed by atoms with Gasteiger partial charge in [0.05, 0.1) is 0 Å². The van der Waals surface area contributed by atoms with Gasteiger partial charge in [-0.05, 0) is 37.1 Å². The number of hydrogen-bond acceptors (Lipinski definition) is 3. The van der Waals surface area contributed by atoms with Gasteiger partial charge in [0.15, 0.2) is 0 Å². The lowest BCUT2D eigenvalue weighted by atomic mass is 9.78. The maximum atomic E-state index is 5.64. The van der Waals surface area contributed by atoms with E-state index in [9.17, 15) is 0 Å². The molecule has 1 heterocycles. The fourth-order valence-corrected chi connectivity index (χ4v) is 2.07. The molecular formula is C12H21N3. The van der Waals surface area contributed by atoms with Gasteiger partial charge in [-0.15, -0.1) is 0 Å². The van der Waals surface area contributed by atoms with Crippen molar-refractivity contribution in [3.8, 4) is 0 Å². The summed E-state index contributed by atoms with van der Waals surface area (Å²) in [7, 11) is 1.98. The maximum Gasteiger partial charge on any atom is 0.0385 e. The Morgan fingerprint density at radius 3 is 2.73 bits per heavy atom. The number of rotatable bonds is 5. The Labute approximate surface area is 92.1 Å². The van der Waals surface area contributed by atoms with Crippen LogP contribution in [0.5, 0.6) is 0 Å². The predicted octanol–water partition coefficient (Wildman–Crippen LogP) is 1.72. The highest BCUT2D eigenvalue weighted by atomic mass is 14.9. The first-order valence-corrected chi connectivity index (χ1v) is 5.39. The van der Waals surface area contributed by atoms with E-state index >= 15 is 0 Å². The third-order valence-electron chi connectivity index (χ3n) is 2.88. The van der Waals surface area contributed by atoms with Crippen LogP contribution in [-0.2, 0) is 0 Å². The molecular weight excluding hydrogens is 186 g/mol. The molecule has 3 nitrogen and oxygen atoms in total. The maximum absolute atomic E-state index is 5.64. The molecule has 1 atom stereocenters. The lowest BCUT2D eigenvalue weighted by Crippen LogP contribution is -2.33. The van der Waals surface area contributed by atoms with E-state index in [4.69, 9.17) is 5.73 Å². The van der Waals surface area contributed by atoms with Crippen molar-refractivity contribution in [1.82, 2.24) is 10.3 Å². The molecule has 1 aromatic rings. The quantitative estimate of drug-likeness (QED) is 0.773. The first-order valence-electron chi connectivity index (χ1n) is 5.39. The van der Waals surface area contributed by atoms with Crippen LogP contribution in [-0.4, -0.2) is 18.6 Å². The molecule has 0 saturated heterocycles. The van der Waals surface area contributed by atoms with Crippen LogP contribution < -0.4 is 11.1 Å². The smallest absolute Gasteiger partial charge is 0.0385 e. The van der Waals surface area contributed by atoms with Gasteiger partial charge in [0, 0.05) is 18.4 Å². The second kappa shape index (κ2) is 5.24. The van der Waals surface area contributed by atoms with Gasteiger partial charge in [-0.2, -0.15) is 0 Å². The molecule has 1 unspecified atom stereocenters. The molecule has 0 aliphatic rings. The Morgan fingerprint density at radius 1 is 1.53 bits per heavy atom. The second-order valence-electron chi connectivity index (χ2n) is 4.54. The molecule has 15 heavy (non-hydrogen) atoms. The second-order valence-corrected chi connectivity index (χ2v) is 4.54. The van der Waals surface area contributed by atoms with E-state index in [1.54, 1.807) is 6.20 Å².